The van der Waals surface area contributed by atoms with Gasteiger partial charge >= 0.3 is 5.97 Å². The molecule has 0 radical (unpaired) electrons. The van der Waals surface area contributed by atoms with Crippen molar-refractivity contribution in [3.8, 4) is 0 Å². The van der Waals surface area contributed by atoms with Gasteiger partial charge in [-0.15, -0.1) is 0 Å². The highest BCUT2D eigenvalue weighted by Gasteiger charge is 2.30. The van der Waals surface area contributed by atoms with Crippen molar-refractivity contribution in [2.45, 2.75) is 19.4 Å². The number of pyridine rings is 1. The number of carbonyl (C=O) groups excluding carboxylic acids is 2. The molecule has 0 fully saturated rings. The Labute approximate surface area is 108 Å². The van der Waals surface area contributed by atoms with Gasteiger partial charge in [-0.2, -0.15) is 0 Å². The second-order valence-electron chi connectivity index (χ2n) is 3.94. The normalized spacial score (nSPS) is 10.8. The Kier molecular flexibility index (Phi) is 4.22. The maximum atomic E-state index is 11.8. The van der Waals surface area contributed by atoms with Gasteiger partial charge in [-0.1, -0.05) is 0 Å². The van der Waals surface area contributed by atoms with E-state index in [0.29, 0.717) is 10.2 Å². The summed E-state index contributed by atoms with van der Waals surface area (Å²) in [6.45, 7) is 3.14. The van der Waals surface area contributed by atoms with E-state index < -0.39 is 11.5 Å². The number of nitrogens with zero attached hydrogens (tertiary/aromatic N) is 1. The first-order valence-corrected chi connectivity index (χ1v) is 5.68. The van der Waals surface area contributed by atoms with Crippen LogP contribution in [0.4, 0.5) is 0 Å². The van der Waals surface area contributed by atoms with Gasteiger partial charge in [0, 0.05) is 6.20 Å². The highest BCUT2D eigenvalue weighted by atomic mass is 79.9. The number of nitrogens with one attached hydrogen (secondary N) is 1. The summed E-state index contributed by atoms with van der Waals surface area (Å²) in [5, 5.41) is 2.57. The van der Waals surface area contributed by atoms with Crippen LogP contribution in [0, 0.1) is 0 Å². The van der Waals surface area contributed by atoms with Crippen LogP contribution < -0.4 is 5.32 Å². The van der Waals surface area contributed by atoms with E-state index >= 15 is 0 Å². The van der Waals surface area contributed by atoms with Crippen LogP contribution >= 0.6 is 15.9 Å². The summed E-state index contributed by atoms with van der Waals surface area (Å²) in [5.74, 6) is -0.878. The quantitative estimate of drug-likeness (QED) is 0.679. The molecular formula is C11H13BrN2O3. The topological polar surface area (TPSA) is 68.3 Å². The fraction of sp³-hybridized carbons (Fsp3) is 0.364. The van der Waals surface area contributed by atoms with Crippen LogP contribution in [0.15, 0.2) is 22.9 Å². The lowest BCUT2D eigenvalue weighted by Crippen LogP contribution is -2.50. The van der Waals surface area contributed by atoms with Crippen molar-refractivity contribution in [2.24, 2.45) is 0 Å². The lowest BCUT2D eigenvalue weighted by atomic mass is 10.1. The van der Waals surface area contributed by atoms with Crippen LogP contribution in [0.1, 0.15) is 24.2 Å². The number of aromatic nitrogens is 1. The predicted molar refractivity (Wildman–Crippen MR) is 65.5 cm³/mol. The minimum absolute atomic E-state index is 0.375. The lowest BCUT2D eigenvalue weighted by Gasteiger charge is -2.22. The molecule has 0 aromatic carbocycles. The number of esters is 1. The maximum Gasteiger partial charge on any atom is 0.330 e. The fourth-order valence-corrected chi connectivity index (χ4v) is 1.41. The molecule has 92 valence electrons. The molecule has 1 aromatic heterocycles. The van der Waals surface area contributed by atoms with Crippen molar-refractivity contribution >= 4 is 27.8 Å². The van der Waals surface area contributed by atoms with Gasteiger partial charge in [0.1, 0.15) is 10.1 Å². The van der Waals surface area contributed by atoms with Gasteiger partial charge in [-0.25, -0.2) is 9.78 Å². The Morgan fingerprint density at radius 3 is 2.53 bits per heavy atom. The van der Waals surface area contributed by atoms with Crippen molar-refractivity contribution in [1.82, 2.24) is 10.3 Å². The Balaban J connectivity index is 2.79. The summed E-state index contributed by atoms with van der Waals surface area (Å²) in [5.41, 5.74) is -0.691. The van der Waals surface area contributed by atoms with Crippen LogP contribution in [0.3, 0.4) is 0 Å². The predicted octanol–water partition coefficient (Wildman–Crippen LogP) is 1.53. The van der Waals surface area contributed by atoms with E-state index in [1.807, 2.05) is 0 Å². The molecule has 0 atom stereocenters. The summed E-state index contributed by atoms with van der Waals surface area (Å²) in [6.07, 6.45) is 1.42. The monoisotopic (exact) mass is 300 g/mol. The Bertz CT molecular complexity index is 429. The SMILES string of the molecule is COC(=O)C(C)(C)NC(=O)c1ccc(Br)nc1. The van der Waals surface area contributed by atoms with E-state index in [9.17, 15) is 9.59 Å². The number of hydrogen-bond acceptors (Lipinski definition) is 4. The molecule has 1 N–H and O–H groups in total. The number of ether oxygens (including phenoxy) is 1. The highest BCUT2D eigenvalue weighted by molar-refractivity contribution is 9.10. The second-order valence-corrected chi connectivity index (χ2v) is 4.75. The van der Waals surface area contributed by atoms with Gasteiger partial charge in [-0.05, 0) is 41.9 Å². The number of rotatable bonds is 3. The molecule has 1 heterocycles. The van der Waals surface area contributed by atoms with Crippen molar-refractivity contribution < 1.29 is 14.3 Å². The minimum Gasteiger partial charge on any atom is -0.467 e. The van der Waals surface area contributed by atoms with Gasteiger partial charge in [0.15, 0.2) is 0 Å². The Morgan fingerprint density at radius 2 is 2.06 bits per heavy atom. The zero-order chi connectivity index (χ0) is 13.1. The first kappa shape index (κ1) is 13.6. The first-order chi connectivity index (χ1) is 7.86. The van der Waals surface area contributed by atoms with E-state index in [2.05, 4.69) is 31.0 Å². The summed E-state index contributed by atoms with van der Waals surface area (Å²) in [6, 6.07) is 3.26. The molecule has 1 rings (SSSR count). The van der Waals surface area contributed by atoms with Crippen LogP contribution in [-0.4, -0.2) is 29.5 Å². The standard InChI is InChI=1S/C11H13BrN2O3/c1-11(2,10(16)17-3)14-9(15)7-4-5-8(12)13-6-7/h4-6H,1-3H3,(H,14,15). The van der Waals surface area contributed by atoms with Crippen LogP contribution in [0.5, 0.6) is 0 Å². The van der Waals surface area contributed by atoms with Gasteiger partial charge in [0.2, 0.25) is 0 Å². The van der Waals surface area contributed by atoms with Crippen LogP contribution in [0.2, 0.25) is 0 Å². The molecule has 1 amide bonds. The number of halogens is 1. The minimum atomic E-state index is -1.07. The summed E-state index contributed by atoms with van der Waals surface area (Å²) in [7, 11) is 1.28. The molecule has 0 aliphatic carbocycles. The molecular weight excluding hydrogens is 288 g/mol. The van der Waals surface area contributed by atoms with E-state index in [0.717, 1.165) is 0 Å². The Morgan fingerprint density at radius 1 is 1.41 bits per heavy atom. The summed E-state index contributed by atoms with van der Waals surface area (Å²) >= 11 is 3.17. The summed E-state index contributed by atoms with van der Waals surface area (Å²) < 4.78 is 5.23. The third-order valence-corrected chi connectivity index (χ3v) is 2.58. The van der Waals surface area contributed by atoms with Gasteiger partial charge in [0.25, 0.3) is 5.91 Å². The van der Waals surface area contributed by atoms with Crippen molar-refractivity contribution in [1.29, 1.82) is 0 Å². The van der Waals surface area contributed by atoms with Crippen LogP contribution in [-0.2, 0) is 9.53 Å². The number of hydrogen-bond donors (Lipinski definition) is 1. The zero-order valence-corrected chi connectivity index (χ0v) is 11.4. The van der Waals surface area contributed by atoms with Crippen LogP contribution in [0.25, 0.3) is 0 Å². The average Bonchev–Trinajstić information content (AvgIpc) is 2.28. The van der Waals surface area contributed by atoms with Crippen molar-refractivity contribution in [2.75, 3.05) is 7.11 Å². The zero-order valence-electron chi connectivity index (χ0n) is 9.78. The Hall–Kier alpha value is -1.43. The third kappa shape index (κ3) is 3.52. The first-order valence-electron chi connectivity index (χ1n) is 4.89. The number of methoxy groups -OCH3 is 1. The van der Waals surface area contributed by atoms with Crippen molar-refractivity contribution in [3.05, 3.63) is 28.5 Å². The lowest BCUT2D eigenvalue weighted by molar-refractivity contribution is -0.146. The highest BCUT2D eigenvalue weighted by Crippen LogP contribution is 2.09. The number of amides is 1. The van der Waals surface area contributed by atoms with E-state index in [1.165, 1.54) is 13.3 Å². The maximum absolute atomic E-state index is 11.8. The molecule has 0 aliphatic rings. The van der Waals surface area contributed by atoms with E-state index in [1.54, 1.807) is 26.0 Å². The molecule has 0 aliphatic heterocycles. The van der Waals surface area contributed by atoms with Gasteiger partial charge in [0.05, 0.1) is 12.7 Å². The molecule has 0 spiro atoms. The molecule has 17 heavy (non-hydrogen) atoms. The average molecular weight is 301 g/mol. The van der Waals surface area contributed by atoms with Gasteiger partial charge < -0.3 is 10.1 Å². The van der Waals surface area contributed by atoms with E-state index in [4.69, 9.17) is 0 Å². The number of carbonyl (C=O) groups is 2. The largest absolute Gasteiger partial charge is 0.467 e. The molecule has 0 saturated heterocycles. The van der Waals surface area contributed by atoms with Gasteiger partial charge in [-0.3, -0.25) is 4.79 Å². The molecule has 5 nitrogen and oxygen atoms in total. The smallest absolute Gasteiger partial charge is 0.330 e. The molecule has 0 saturated carbocycles. The van der Waals surface area contributed by atoms with E-state index in [-0.39, 0.29) is 5.91 Å². The van der Waals surface area contributed by atoms with Crippen molar-refractivity contribution in [3.63, 3.8) is 0 Å². The molecule has 1 aromatic rings. The third-order valence-electron chi connectivity index (χ3n) is 2.11. The second kappa shape index (κ2) is 5.27. The summed E-state index contributed by atoms with van der Waals surface area (Å²) in [4.78, 5) is 27.1. The molecule has 6 heteroatoms. The fourth-order valence-electron chi connectivity index (χ4n) is 1.17. The molecule has 0 bridgehead atoms. The molecule has 0 unspecified atom stereocenters.